The predicted octanol–water partition coefficient (Wildman–Crippen LogP) is -0.115. The lowest BCUT2D eigenvalue weighted by Crippen LogP contribution is -2.31. The molecule has 0 saturated heterocycles. The molecule has 0 radical (unpaired) electrons. The van der Waals surface area contributed by atoms with Gasteiger partial charge < -0.3 is 4.52 Å². The van der Waals surface area contributed by atoms with E-state index in [2.05, 4.69) is 4.52 Å². The highest BCUT2D eigenvalue weighted by Gasteiger charge is 2.18. The first-order chi connectivity index (χ1) is 4.91. The van der Waals surface area contributed by atoms with Gasteiger partial charge >= 0.3 is 11.4 Å². The molecule has 1 N–H and O–H groups in total. The Labute approximate surface area is 62.6 Å². The number of hydrogen-bond donors (Lipinski definition) is 1. The van der Waals surface area contributed by atoms with Crippen molar-refractivity contribution in [3.05, 3.63) is 21.0 Å². The van der Waals surface area contributed by atoms with Crippen LogP contribution in [-0.2, 0) is 5.54 Å². The molecule has 1 heterocycles. The summed E-state index contributed by atoms with van der Waals surface area (Å²) in [5.41, 5.74) is -1.00. The first-order valence-corrected chi connectivity index (χ1v) is 3.24. The van der Waals surface area contributed by atoms with Crippen molar-refractivity contribution < 1.29 is 4.52 Å². The van der Waals surface area contributed by atoms with Gasteiger partial charge in [-0.25, -0.2) is 14.6 Å². The molecule has 0 saturated carbocycles. The molecule has 5 nitrogen and oxygen atoms in total. The maximum Gasteiger partial charge on any atom is 0.440 e. The van der Waals surface area contributed by atoms with Gasteiger partial charge in [-0.05, 0) is 20.8 Å². The lowest BCUT2D eigenvalue weighted by atomic mass is 10.1. The van der Waals surface area contributed by atoms with Crippen molar-refractivity contribution in [2.75, 3.05) is 0 Å². The van der Waals surface area contributed by atoms with Crippen molar-refractivity contribution in [1.29, 1.82) is 0 Å². The molecule has 0 aliphatic rings. The van der Waals surface area contributed by atoms with E-state index in [1.807, 2.05) is 4.98 Å². The number of H-pyrrole nitrogens is 1. The summed E-state index contributed by atoms with van der Waals surface area (Å²) < 4.78 is 5.58. The SMILES string of the molecule is CC(C)(C)n1oc(=O)[nH]c1=O. The second-order valence-electron chi connectivity index (χ2n) is 3.27. The van der Waals surface area contributed by atoms with Gasteiger partial charge in [0, 0.05) is 0 Å². The fraction of sp³-hybridized carbons (Fsp3) is 0.667. The summed E-state index contributed by atoms with van der Waals surface area (Å²) in [6.45, 7) is 5.31. The molecule has 0 spiro atoms. The van der Waals surface area contributed by atoms with E-state index in [1.165, 1.54) is 0 Å². The lowest BCUT2D eigenvalue weighted by Gasteiger charge is -2.14. The van der Waals surface area contributed by atoms with Crippen LogP contribution in [0.4, 0.5) is 0 Å². The van der Waals surface area contributed by atoms with Crippen molar-refractivity contribution in [1.82, 2.24) is 9.72 Å². The summed E-state index contributed by atoms with van der Waals surface area (Å²) in [6.07, 6.45) is 0. The second-order valence-corrected chi connectivity index (χ2v) is 3.27. The second kappa shape index (κ2) is 2.11. The van der Waals surface area contributed by atoms with E-state index < -0.39 is 17.0 Å². The number of hydrogen-bond acceptors (Lipinski definition) is 3. The van der Waals surface area contributed by atoms with Gasteiger partial charge in [0.15, 0.2) is 0 Å². The van der Waals surface area contributed by atoms with Crippen LogP contribution in [0.2, 0.25) is 0 Å². The first kappa shape index (κ1) is 7.84. The van der Waals surface area contributed by atoms with Gasteiger partial charge in [-0.2, -0.15) is 0 Å². The maximum absolute atomic E-state index is 10.9. The Morgan fingerprint density at radius 3 is 2.09 bits per heavy atom. The average molecular weight is 158 g/mol. The summed E-state index contributed by atoms with van der Waals surface area (Å²) in [6, 6.07) is 0. The van der Waals surface area contributed by atoms with Crippen LogP contribution in [0.15, 0.2) is 14.1 Å². The predicted molar refractivity (Wildman–Crippen MR) is 38.6 cm³/mol. The highest BCUT2D eigenvalue weighted by Crippen LogP contribution is 2.07. The maximum atomic E-state index is 10.9. The molecule has 0 aromatic carbocycles. The minimum Gasteiger partial charge on any atom is -0.316 e. The number of aromatic amines is 1. The van der Waals surface area contributed by atoms with Gasteiger partial charge in [-0.3, -0.25) is 0 Å². The average Bonchev–Trinajstić information content (AvgIpc) is 2.08. The third-order valence-corrected chi connectivity index (χ3v) is 1.18. The summed E-state index contributed by atoms with van der Waals surface area (Å²) in [5.74, 6) is -0.718. The van der Waals surface area contributed by atoms with Gasteiger partial charge in [0.2, 0.25) is 0 Å². The molecule has 5 heteroatoms. The monoisotopic (exact) mass is 158 g/mol. The molecule has 1 rings (SSSR count). The molecule has 62 valence electrons. The molecule has 0 fully saturated rings. The Morgan fingerprint density at radius 2 is 1.91 bits per heavy atom. The molecular weight excluding hydrogens is 148 g/mol. The van der Waals surface area contributed by atoms with E-state index in [1.54, 1.807) is 20.8 Å². The Hall–Kier alpha value is -1.26. The Kier molecular flexibility index (Phi) is 1.51. The summed E-state index contributed by atoms with van der Waals surface area (Å²) in [5, 5.41) is 0. The van der Waals surface area contributed by atoms with Crippen molar-refractivity contribution in [2.45, 2.75) is 26.3 Å². The van der Waals surface area contributed by atoms with Crippen molar-refractivity contribution in [3.8, 4) is 0 Å². The Morgan fingerprint density at radius 1 is 1.36 bits per heavy atom. The zero-order valence-corrected chi connectivity index (χ0v) is 6.67. The minimum atomic E-state index is -0.718. The topological polar surface area (TPSA) is 68.0 Å². The van der Waals surface area contributed by atoms with Crippen LogP contribution in [0.5, 0.6) is 0 Å². The van der Waals surface area contributed by atoms with Gasteiger partial charge in [-0.1, -0.05) is 0 Å². The number of nitrogens with one attached hydrogen (secondary N) is 1. The fourth-order valence-electron chi connectivity index (χ4n) is 0.727. The molecule has 0 aliphatic carbocycles. The molecule has 0 unspecified atom stereocenters. The van der Waals surface area contributed by atoms with Crippen LogP contribution >= 0.6 is 0 Å². The van der Waals surface area contributed by atoms with Crippen molar-refractivity contribution >= 4 is 0 Å². The molecule has 0 aliphatic heterocycles. The quantitative estimate of drug-likeness (QED) is 0.572. The molecular formula is C6H10N2O3. The Bertz CT molecular complexity index is 349. The van der Waals surface area contributed by atoms with E-state index in [-0.39, 0.29) is 0 Å². The standard InChI is InChI=1S/C6H10N2O3/c1-6(2,3)8-4(9)7-5(10)11-8/h1-3H3,(H,7,9,10). The van der Waals surface area contributed by atoms with Crippen LogP contribution in [0.1, 0.15) is 20.8 Å². The lowest BCUT2D eigenvalue weighted by molar-refractivity contribution is 0.147. The smallest absolute Gasteiger partial charge is 0.316 e. The zero-order chi connectivity index (χ0) is 8.65. The minimum absolute atomic E-state index is 0.490. The molecule has 1 aromatic rings. The van der Waals surface area contributed by atoms with E-state index >= 15 is 0 Å². The molecule has 11 heavy (non-hydrogen) atoms. The van der Waals surface area contributed by atoms with E-state index in [9.17, 15) is 9.59 Å². The largest absolute Gasteiger partial charge is 0.440 e. The van der Waals surface area contributed by atoms with Crippen molar-refractivity contribution in [3.63, 3.8) is 0 Å². The number of aromatic nitrogens is 2. The summed E-state index contributed by atoms with van der Waals surface area (Å²) in [4.78, 5) is 23.4. The van der Waals surface area contributed by atoms with E-state index in [0.29, 0.717) is 0 Å². The fourth-order valence-corrected chi connectivity index (χ4v) is 0.727. The number of nitrogens with zero attached hydrogens (tertiary/aromatic N) is 1. The number of rotatable bonds is 0. The summed E-state index contributed by atoms with van der Waals surface area (Å²) in [7, 11) is 0. The zero-order valence-electron chi connectivity index (χ0n) is 6.67. The third kappa shape index (κ3) is 1.42. The van der Waals surface area contributed by atoms with Gasteiger partial charge in [0.05, 0.1) is 5.54 Å². The van der Waals surface area contributed by atoms with Crippen LogP contribution in [-0.4, -0.2) is 9.72 Å². The van der Waals surface area contributed by atoms with Crippen LogP contribution in [0.3, 0.4) is 0 Å². The van der Waals surface area contributed by atoms with Crippen LogP contribution in [0, 0.1) is 0 Å². The summed E-state index contributed by atoms with van der Waals surface area (Å²) >= 11 is 0. The first-order valence-electron chi connectivity index (χ1n) is 3.24. The van der Waals surface area contributed by atoms with Gasteiger partial charge in [-0.15, -0.1) is 4.74 Å². The highest BCUT2D eigenvalue weighted by atomic mass is 16.5. The molecule has 1 aromatic heterocycles. The normalized spacial score (nSPS) is 11.9. The van der Waals surface area contributed by atoms with Crippen LogP contribution in [0.25, 0.3) is 0 Å². The van der Waals surface area contributed by atoms with E-state index in [4.69, 9.17) is 0 Å². The molecule has 0 amide bonds. The highest BCUT2D eigenvalue weighted by molar-refractivity contribution is 4.69. The van der Waals surface area contributed by atoms with Crippen molar-refractivity contribution in [2.24, 2.45) is 0 Å². The van der Waals surface area contributed by atoms with Crippen LogP contribution < -0.4 is 11.4 Å². The van der Waals surface area contributed by atoms with Gasteiger partial charge in [0.25, 0.3) is 0 Å². The van der Waals surface area contributed by atoms with E-state index in [0.717, 1.165) is 4.74 Å². The molecule has 0 atom stereocenters. The van der Waals surface area contributed by atoms with Gasteiger partial charge in [0.1, 0.15) is 0 Å². The Balaban J connectivity index is 3.36. The third-order valence-electron chi connectivity index (χ3n) is 1.18. The molecule has 0 bridgehead atoms.